The van der Waals surface area contributed by atoms with Crippen molar-refractivity contribution in [2.24, 2.45) is 11.8 Å². The van der Waals surface area contributed by atoms with Gasteiger partial charge in [0, 0.05) is 24.7 Å². The van der Waals surface area contributed by atoms with Crippen LogP contribution in [-0.4, -0.2) is 33.8 Å². The van der Waals surface area contributed by atoms with E-state index in [1.54, 1.807) is 28.8 Å². The summed E-state index contributed by atoms with van der Waals surface area (Å²) in [4.78, 5) is 27.7. The van der Waals surface area contributed by atoms with Gasteiger partial charge in [-0.2, -0.15) is 0 Å². The third-order valence-corrected chi connectivity index (χ3v) is 8.44. The monoisotopic (exact) mass is 471 g/mol. The molecule has 1 N–H and O–H groups in total. The Kier molecular flexibility index (Phi) is 4.13. The van der Waals surface area contributed by atoms with Crippen LogP contribution >= 0.6 is 0 Å². The van der Waals surface area contributed by atoms with Crippen LogP contribution in [0.1, 0.15) is 51.1 Å². The number of pyridine rings is 1. The molecule has 7 rings (SSSR count). The van der Waals surface area contributed by atoms with Gasteiger partial charge in [0.1, 0.15) is 18.0 Å². The number of nitrogens with zero attached hydrogens (tertiary/aromatic N) is 3. The summed E-state index contributed by atoms with van der Waals surface area (Å²) in [7, 11) is 0. The maximum atomic E-state index is 15.1. The molecule has 6 nitrogen and oxygen atoms in total. The Morgan fingerprint density at radius 2 is 1.83 bits per heavy atom. The average Bonchev–Trinajstić information content (AvgIpc) is 3.53. The quantitative estimate of drug-likeness (QED) is 0.636. The highest BCUT2D eigenvalue weighted by molar-refractivity contribution is 5.96. The molecule has 0 saturated heterocycles. The Balaban J connectivity index is 1.53. The molecular weight excluding hydrogens is 445 g/mol. The Morgan fingerprint density at radius 1 is 1.06 bits per heavy atom. The molecule has 1 amide bonds. The van der Waals surface area contributed by atoms with Crippen LogP contribution in [0.5, 0.6) is 5.75 Å². The maximum absolute atomic E-state index is 15.1. The molecular formula is C28H26FN3O3. The van der Waals surface area contributed by atoms with Gasteiger partial charge in [0.2, 0.25) is 5.43 Å². The zero-order valence-corrected chi connectivity index (χ0v) is 19.5. The van der Waals surface area contributed by atoms with Crippen LogP contribution in [0, 0.1) is 24.6 Å². The summed E-state index contributed by atoms with van der Waals surface area (Å²) in [5.74, 6) is -0.558. The molecule has 0 spiro atoms. The van der Waals surface area contributed by atoms with Gasteiger partial charge in [0.25, 0.3) is 5.91 Å². The van der Waals surface area contributed by atoms with E-state index in [0.29, 0.717) is 24.7 Å². The zero-order chi connectivity index (χ0) is 24.1. The first-order valence-electron chi connectivity index (χ1n) is 12.3. The van der Waals surface area contributed by atoms with Crippen LogP contribution in [-0.2, 0) is 18.4 Å². The fraction of sp³-hybridized carbons (Fsp3) is 0.357. The number of hydrogen-bond donors (Lipinski definition) is 1. The lowest BCUT2D eigenvalue weighted by atomic mass is 9.81. The maximum Gasteiger partial charge on any atom is 0.277 e. The number of carbonyl (C=O) groups excluding carboxylic acids is 1. The molecule has 0 bridgehead atoms. The number of aromatic hydroxyl groups is 1. The second-order valence-electron chi connectivity index (χ2n) is 10.5. The number of halogens is 1. The fourth-order valence-electron chi connectivity index (χ4n) is 6.70. The van der Waals surface area contributed by atoms with Gasteiger partial charge < -0.3 is 10.0 Å². The minimum atomic E-state index is -0.723. The fourth-order valence-corrected chi connectivity index (χ4v) is 6.70. The summed E-state index contributed by atoms with van der Waals surface area (Å²) in [5.41, 5.74) is 3.63. The SMILES string of the molecule is Cc1cc2c(cc1F)C1(N3CN(CC4CC4)C(=O)c4c(O)c(=O)ccn43)c3ccccc3CC1C2. The summed E-state index contributed by atoms with van der Waals surface area (Å²) < 4.78 is 16.8. The molecule has 2 atom stereocenters. The van der Waals surface area contributed by atoms with Gasteiger partial charge in [-0.1, -0.05) is 30.3 Å². The van der Waals surface area contributed by atoms with E-state index in [-0.39, 0.29) is 23.3 Å². The van der Waals surface area contributed by atoms with Gasteiger partial charge in [-0.15, -0.1) is 0 Å². The van der Waals surface area contributed by atoms with Crippen molar-refractivity contribution in [1.29, 1.82) is 0 Å². The van der Waals surface area contributed by atoms with Gasteiger partial charge in [0.15, 0.2) is 11.4 Å². The van der Waals surface area contributed by atoms with Gasteiger partial charge in [-0.25, -0.2) is 4.39 Å². The number of fused-ring (bicyclic) bond motifs is 6. The molecule has 1 aliphatic heterocycles. The van der Waals surface area contributed by atoms with E-state index < -0.39 is 16.7 Å². The van der Waals surface area contributed by atoms with Crippen LogP contribution in [0.25, 0.3) is 0 Å². The largest absolute Gasteiger partial charge is 0.502 e. The molecule has 3 aromatic rings. The Labute approximate surface area is 202 Å². The molecule has 3 aliphatic carbocycles. The van der Waals surface area contributed by atoms with E-state index in [9.17, 15) is 14.7 Å². The molecule has 1 aromatic heterocycles. The molecule has 7 heteroatoms. The molecule has 2 aromatic carbocycles. The minimum absolute atomic E-state index is 0.0112. The summed E-state index contributed by atoms with van der Waals surface area (Å²) in [6.45, 7) is 2.67. The lowest BCUT2D eigenvalue weighted by Gasteiger charge is -2.50. The van der Waals surface area contributed by atoms with Crippen molar-refractivity contribution in [2.75, 3.05) is 18.2 Å². The summed E-state index contributed by atoms with van der Waals surface area (Å²) in [6.07, 6.45) is 5.35. The van der Waals surface area contributed by atoms with Crippen LogP contribution in [0.4, 0.5) is 4.39 Å². The van der Waals surface area contributed by atoms with Crippen molar-refractivity contribution in [3.05, 3.63) is 98.2 Å². The van der Waals surface area contributed by atoms with E-state index in [1.165, 1.54) is 11.6 Å². The second kappa shape index (κ2) is 6.97. The second-order valence-corrected chi connectivity index (χ2v) is 10.5. The van der Waals surface area contributed by atoms with Crippen molar-refractivity contribution in [3.63, 3.8) is 0 Å². The lowest BCUT2D eigenvalue weighted by Crippen LogP contribution is -2.63. The first-order valence-corrected chi connectivity index (χ1v) is 12.3. The average molecular weight is 472 g/mol. The summed E-state index contributed by atoms with van der Waals surface area (Å²) >= 11 is 0. The van der Waals surface area contributed by atoms with Crippen molar-refractivity contribution in [3.8, 4) is 5.75 Å². The highest BCUT2D eigenvalue weighted by Gasteiger charge is 2.59. The molecule has 2 unspecified atom stereocenters. The van der Waals surface area contributed by atoms with E-state index in [0.717, 1.165) is 42.4 Å². The van der Waals surface area contributed by atoms with E-state index in [2.05, 4.69) is 17.1 Å². The number of rotatable bonds is 3. The smallest absolute Gasteiger partial charge is 0.277 e. The minimum Gasteiger partial charge on any atom is -0.502 e. The topological polar surface area (TPSA) is 65.8 Å². The van der Waals surface area contributed by atoms with Gasteiger partial charge >= 0.3 is 0 Å². The third kappa shape index (κ3) is 2.69. The Hall–Kier alpha value is -3.61. The van der Waals surface area contributed by atoms with Gasteiger partial charge in [-0.3, -0.25) is 19.3 Å². The summed E-state index contributed by atoms with van der Waals surface area (Å²) in [5, 5.41) is 12.9. The van der Waals surface area contributed by atoms with E-state index in [1.807, 2.05) is 18.2 Å². The number of amides is 1. The standard InChI is InChI=1S/C28H26FN3O3/c1-16-10-19-12-20-11-18-4-2-3-5-21(18)28(20,22(19)13-23(16)29)32-15-30(14-17-6-7-17)27(35)25-26(34)24(33)8-9-31(25)32/h2-5,8-10,13,17,20,34H,6-7,11-12,14-15H2,1H3. The predicted molar refractivity (Wildman–Crippen MR) is 128 cm³/mol. The normalized spacial score (nSPS) is 24.3. The number of carbonyl (C=O) groups is 1. The zero-order valence-electron chi connectivity index (χ0n) is 19.5. The van der Waals surface area contributed by atoms with Crippen LogP contribution < -0.4 is 10.4 Å². The number of aromatic nitrogens is 1. The van der Waals surface area contributed by atoms with E-state index >= 15 is 4.39 Å². The number of aryl methyl sites for hydroxylation is 1. The summed E-state index contributed by atoms with van der Waals surface area (Å²) in [6, 6.07) is 13.2. The van der Waals surface area contributed by atoms with Crippen LogP contribution in [0.15, 0.2) is 53.5 Å². The van der Waals surface area contributed by atoms with E-state index in [4.69, 9.17) is 0 Å². The Morgan fingerprint density at radius 3 is 2.63 bits per heavy atom. The molecule has 1 saturated carbocycles. The highest BCUT2D eigenvalue weighted by Crippen LogP contribution is 2.57. The van der Waals surface area contributed by atoms with Crippen molar-refractivity contribution in [2.45, 2.75) is 38.1 Å². The van der Waals surface area contributed by atoms with Gasteiger partial charge in [0.05, 0.1) is 0 Å². The Bertz CT molecular complexity index is 1480. The van der Waals surface area contributed by atoms with Crippen molar-refractivity contribution >= 4 is 5.91 Å². The van der Waals surface area contributed by atoms with Crippen molar-refractivity contribution < 1.29 is 14.3 Å². The van der Waals surface area contributed by atoms with Crippen LogP contribution in [0.3, 0.4) is 0 Å². The van der Waals surface area contributed by atoms with Crippen molar-refractivity contribution in [1.82, 2.24) is 9.58 Å². The lowest BCUT2D eigenvalue weighted by molar-refractivity contribution is 0.0637. The molecule has 4 aliphatic rings. The molecule has 2 heterocycles. The molecule has 0 radical (unpaired) electrons. The molecule has 178 valence electrons. The predicted octanol–water partition coefficient (Wildman–Crippen LogP) is 3.43. The van der Waals surface area contributed by atoms with Gasteiger partial charge in [-0.05, 0) is 72.4 Å². The first-order chi connectivity index (χ1) is 16.9. The first kappa shape index (κ1) is 20.7. The van der Waals surface area contributed by atoms with Crippen LogP contribution in [0.2, 0.25) is 0 Å². The number of benzene rings is 2. The highest BCUT2D eigenvalue weighted by atomic mass is 19.1. The number of hydrogen-bond acceptors (Lipinski definition) is 4. The molecule has 1 fully saturated rings. The molecule has 35 heavy (non-hydrogen) atoms. The third-order valence-electron chi connectivity index (χ3n) is 8.44.